The Balaban J connectivity index is 1.24. The van der Waals surface area contributed by atoms with Gasteiger partial charge in [-0.3, -0.25) is 4.99 Å². The molecule has 0 amide bonds. The van der Waals surface area contributed by atoms with Crippen molar-refractivity contribution in [3.8, 4) is 5.75 Å². The molecule has 0 bridgehead atoms. The van der Waals surface area contributed by atoms with E-state index in [4.69, 9.17) is 14.9 Å². The average molecular weight is 482 g/mol. The average Bonchev–Trinajstić information content (AvgIpc) is 3.53. The number of unbranched alkanes of at least 4 members (excludes halogenated alkanes) is 1. The topological polar surface area (TPSA) is 73.6 Å². The molecule has 2 heterocycles. The Hall–Kier alpha value is -3.81. The summed E-state index contributed by atoms with van der Waals surface area (Å²) in [5.74, 6) is 0.971. The van der Waals surface area contributed by atoms with Gasteiger partial charge in [0.2, 0.25) is 5.89 Å². The van der Waals surface area contributed by atoms with Gasteiger partial charge in [0.05, 0.1) is 11.6 Å². The van der Waals surface area contributed by atoms with E-state index in [0.717, 1.165) is 43.6 Å². The Morgan fingerprint density at radius 1 is 1.06 bits per heavy atom. The number of hydrogen-bond acceptors (Lipinski definition) is 5. The molecule has 8 heteroatoms. The molecule has 1 atom stereocenters. The number of allylic oxidation sites excluding steroid dienone is 1. The number of benzene rings is 2. The standard InChI is InChI=1S/C27H26F3N3O2/c28-27(29,30)21-11-9-20(10-12-21)25(31)16-26-33-23(18-35-26)17-34-24-13-7-19(8-14-24)4-1-2-5-22-6-3-15-32-22/h3,6-16,18,22H,1-2,4-5,17,31H2/b25-16-. The van der Waals surface area contributed by atoms with Crippen LogP contribution in [0.15, 0.2) is 76.4 Å². The minimum atomic E-state index is -4.39. The summed E-state index contributed by atoms with van der Waals surface area (Å²) in [7, 11) is 0. The molecule has 0 saturated heterocycles. The van der Waals surface area contributed by atoms with Crippen LogP contribution in [0.2, 0.25) is 0 Å². The van der Waals surface area contributed by atoms with Crippen molar-refractivity contribution in [1.29, 1.82) is 0 Å². The maximum atomic E-state index is 12.7. The molecule has 0 aliphatic carbocycles. The molecule has 4 rings (SSSR count). The molecular formula is C27H26F3N3O2. The molecule has 2 aromatic carbocycles. The van der Waals surface area contributed by atoms with Crippen molar-refractivity contribution in [2.45, 2.75) is 44.5 Å². The number of aliphatic imine (C=N–C) groups is 1. The number of oxazole rings is 1. The van der Waals surface area contributed by atoms with Crippen molar-refractivity contribution in [3.05, 3.63) is 95.2 Å². The van der Waals surface area contributed by atoms with Crippen LogP contribution in [0.4, 0.5) is 13.2 Å². The first-order chi connectivity index (χ1) is 16.9. The van der Waals surface area contributed by atoms with Gasteiger partial charge in [-0.2, -0.15) is 13.2 Å². The molecule has 0 fully saturated rings. The van der Waals surface area contributed by atoms with Crippen molar-refractivity contribution in [1.82, 2.24) is 4.98 Å². The number of halogens is 3. The smallest absolute Gasteiger partial charge is 0.416 e. The maximum absolute atomic E-state index is 12.7. The molecule has 3 aromatic rings. The molecule has 0 spiro atoms. The van der Waals surface area contributed by atoms with Gasteiger partial charge < -0.3 is 14.9 Å². The first kappa shape index (κ1) is 24.3. The van der Waals surface area contributed by atoms with Gasteiger partial charge in [0.1, 0.15) is 24.3 Å². The van der Waals surface area contributed by atoms with E-state index in [2.05, 4.69) is 28.2 Å². The summed E-state index contributed by atoms with van der Waals surface area (Å²) in [5.41, 5.74) is 7.78. The third kappa shape index (κ3) is 7.09. The number of aromatic nitrogens is 1. The highest BCUT2D eigenvalue weighted by Gasteiger charge is 2.30. The molecule has 2 N–H and O–H groups in total. The molecule has 1 aliphatic rings. The zero-order valence-corrected chi connectivity index (χ0v) is 19.0. The monoisotopic (exact) mass is 481 g/mol. The van der Waals surface area contributed by atoms with Gasteiger partial charge in [-0.15, -0.1) is 0 Å². The van der Waals surface area contributed by atoms with Crippen molar-refractivity contribution < 1.29 is 22.3 Å². The Morgan fingerprint density at radius 2 is 1.83 bits per heavy atom. The van der Waals surface area contributed by atoms with Crippen LogP contribution in [0.1, 0.15) is 47.5 Å². The molecule has 5 nitrogen and oxygen atoms in total. The van der Waals surface area contributed by atoms with E-state index >= 15 is 0 Å². The van der Waals surface area contributed by atoms with Gasteiger partial charge in [-0.25, -0.2) is 4.98 Å². The van der Waals surface area contributed by atoms with Crippen LogP contribution in [-0.4, -0.2) is 17.2 Å². The van der Waals surface area contributed by atoms with Crippen LogP contribution in [-0.2, 0) is 19.2 Å². The summed E-state index contributed by atoms with van der Waals surface area (Å²) >= 11 is 0. The maximum Gasteiger partial charge on any atom is 0.416 e. The van der Waals surface area contributed by atoms with E-state index in [-0.39, 0.29) is 18.2 Å². The van der Waals surface area contributed by atoms with Crippen LogP contribution >= 0.6 is 0 Å². The van der Waals surface area contributed by atoms with Crippen LogP contribution in [0.25, 0.3) is 11.8 Å². The molecule has 0 radical (unpaired) electrons. The highest BCUT2D eigenvalue weighted by Crippen LogP contribution is 2.29. The van der Waals surface area contributed by atoms with Gasteiger partial charge in [0, 0.05) is 18.0 Å². The number of nitrogens with zero attached hydrogens (tertiary/aromatic N) is 2. The molecule has 182 valence electrons. The zero-order valence-electron chi connectivity index (χ0n) is 19.0. The van der Waals surface area contributed by atoms with Crippen molar-refractivity contribution in [3.63, 3.8) is 0 Å². The Morgan fingerprint density at radius 3 is 2.51 bits per heavy atom. The first-order valence-electron chi connectivity index (χ1n) is 11.4. The van der Waals surface area contributed by atoms with E-state index < -0.39 is 11.7 Å². The second kappa shape index (κ2) is 11.1. The predicted molar refractivity (Wildman–Crippen MR) is 130 cm³/mol. The van der Waals surface area contributed by atoms with E-state index in [9.17, 15) is 13.2 Å². The minimum absolute atomic E-state index is 0.215. The molecular weight excluding hydrogens is 455 g/mol. The van der Waals surface area contributed by atoms with E-state index in [1.165, 1.54) is 30.0 Å². The Kier molecular flexibility index (Phi) is 7.70. The highest BCUT2D eigenvalue weighted by molar-refractivity contribution is 5.77. The fraction of sp³-hybridized carbons (Fsp3) is 0.259. The van der Waals surface area contributed by atoms with Gasteiger partial charge in [-0.05, 0) is 60.7 Å². The third-order valence-electron chi connectivity index (χ3n) is 5.62. The second-order valence-electron chi connectivity index (χ2n) is 8.28. The summed E-state index contributed by atoms with van der Waals surface area (Å²) in [6.07, 6.45) is 8.88. The lowest BCUT2D eigenvalue weighted by Gasteiger charge is -2.07. The number of ether oxygens (including phenoxy) is 1. The summed E-state index contributed by atoms with van der Waals surface area (Å²) in [5, 5.41) is 0. The summed E-state index contributed by atoms with van der Waals surface area (Å²) in [6.45, 7) is 0.215. The quantitative estimate of drug-likeness (QED) is 0.338. The number of rotatable bonds is 10. The van der Waals surface area contributed by atoms with Crippen LogP contribution < -0.4 is 10.5 Å². The fourth-order valence-electron chi connectivity index (χ4n) is 3.67. The lowest BCUT2D eigenvalue weighted by molar-refractivity contribution is -0.137. The first-order valence-corrected chi connectivity index (χ1v) is 11.4. The third-order valence-corrected chi connectivity index (χ3v) is 5.62. The highest BCUT2D eigenvalue weighted by atomic mass is 19.4. The summed E-state index contributed by atoms with van der Waals surface area (Å²) in [6, 6.07) is 12.9. The number of hydrogen-bond donors (Lipinski definition) is 1. The molecule has 0 saturated carbocycles. The van der Waals surface area contributed by atoms with Crippen LogP contribution in [0.3, 0.4) is 0 Å². The molecule has 1 aromatic heterocycles. The Labute approximate surface area is 201 Å². The van der Waals surface area contributed by atoms with E-state index in [0.29, 0.717) is 17.3 Å². The number of alkyl halides is 3. The summed E-state index contributed by atoms with van der Waals surface area (Å²) < 4.78 is 49.3. The zero-order chi connectivity index (χ0) is 24.7. The van der Waals surface area contributed by atoms with E-state index in [1.807, 2.05) is 24.4 Å². The lowest BCUT2D eigenvalue weighted by Crippen LogP contribution is -2.05. The van der Waals surface area contributed by atoms with Crippen LogP contribution in [0, 0.1) is 0 Å². The largest absolute Gasteiger partial charge is 0.487 e. The van der Waals surface area contributed by atoms with Gasteiger partial charge in [-0.1, -0.05) is 36.8 Å². The predicted octanol–water partition coefficient (Wildman–Crippen LogP) is 6.45. The Bertz CT molecular complexity index is 1180. The molecule has 35 heavy (non-hydrogen) atoms. The van der Waals surface area contributed by atoms with Crippen molar-refractivity contribution >= 4 is 18.0 Å². The van der Waals surface area contributed by atoms with Crippen molar-refractivity contribution in [2.75, 3.05) is 0 Å². The molecule has 1 aliphatic heterocycles. The lowest BCUT2D eigenvalue weighted by atomic mass is 10.0. The normalized spacial score (nSPS) is 15.6. The van der Waals surface area contributed by atoms with E-state index in [1.54, 1.807) is 0 Å². The fourth-order valence-corrected chi connectivity index (χ4v) is 3.67. The SMILES string of the molecule is N/C(=C\c1nc(COc2ccc(CCCCC3C=CC=N3)cc2)co1)c1ccc(C(F)(F)F)cc1. The van der Waals surface area contributed by atoms with Crippen LogP contribution in [0.5, 0.6) is 5.75 Å². The summed E-state index contributed by atoms with van der Waals surface area (Å²) in [4.78, 5) is 8.67. The number of aryl methyl sites for hydroxylation is 1. The van der Waals surface area contributed by atoms with Gasteiger partial charge in [0.25, 0.3) is 0 Å². The van der Waals surface area contributed by atoms with Crippen molar-refractivity contribution in [2.24, 2.45) is 10.7 Å². The second-order valence-corrected chi connectivity index (χ2v) is 8.28. The van der Waals surface area contributed by atoms with Gasteiger partial charge >= 0.3 is 6.18 Å². The minimum Gasteiger partial charge on any atom is -0.487 e. The van der Waals surface area contributed by atoms with Gasteiger partial charge in [0.15, 0.2) is 0 Å². The molecule has 1 unspecified atom stereocenters. The number of nitrogens with two attached hydrogens (primary N) is 1.